The molecule has 10 nitrogen and oxygen atoms in total. The zero-order chi connectivity index (χ0) is 37.0. The van der Waals surface area contributed by atoms with Crippen LogP contribution in [-0.2, 0) is 19.2 Å². The van der Waals surface area contributed by atoms with Gasteiger partial charge in [0.15, 0.2) is 17.7 Å². The summed E-state index contributed by atoms with van der Waals surface area (Å²) in [5.74, 6) is 2.94. The van der Waals surface area contributed by atoms with Gasteiger partial charge in [-0.2, -0.15) is 11.8 Å². The maximum Gasteiger partial charge on any atom is 0.298 e. The third-order valence-electron chi connectivity index (χ3n) is 6.03. The van der Waals surface area contributed by atoms with E-state index < -0.39 is 11.3 Å². The van der Waals surface area contributed by atoms with E-state index in [0.717, 1.165) is 11.3 Å². The number of rotatable bonds is 18. The Morgan fingerprint density at radius 2 is 1.76 bits per heavy atom. The fourth-order valence-corrected chi connectivity index (χ4v) is 4.81. The first-order valence-electron chi connectivity index (χ1n) is 16.0. The summed E-state index contributed by atoms with van der Waals surface area (Å²) >= 11 is 1.90. The van der Waals surface area contributed by atoms with Gasteiger partial charge in [-0.1, -0.05) is 68.3 Å². The van der Waals surface area contributed by atoms with E-state index in [2.05, 4.69) is 40.3 Å². The van der Waals surface area contributed by atoms with E-state index in [9.17, 15) is 28.5 Å². The van der Waals surface area contributed by atoms with Crippen molar-refractivity contribution in [2.45, 2.75) is 77.1 Å². The van der Waals surface area contributed by atoms with Crippen molar-refractivity contribution in [3.05, 3.63) is 88.5 Å². The van der Waals surface area contributed by atoms with Gasteiger partial charge in [0.05, 0.1) is 27.5 Å². The third-order valence-corrected chi connectivity index (χ3v) is 7.37. The van der Waals surface area contributed by atoms with Crippen molar-refractivity contribution in [2.24, 2.45) is 0 Å². The molecule has 1 saturated heterocycles. The molecule has 3 rings (SSSR count). The number of hydrogen-bond donors (Lipinski definition) is 0. The Morgan fingerprint density at radius 1 is 1.04 bits per heavy atom. The smallest absolute Gasteiger partial charge is 0.298 e. The quantitative estimate of drug-likeness (QED) is 0.0487. The molecule has 13 heteroatoms. The molecule has 0 spiro atoms. The molecule has 0 bridgehead atoms. The van der Waals surface area contributed by atoms with Gasteiger partial charge in [0.2, 0.25) is 0 Å². The van der Waals surface area contributed by atoms with Crippen molar-refractivity contribution >= 4 is 24.7 Å². The number of methoxy groups -OCH3 is 1. The minimum Gasteiger partial charge on any atom is -0.493 e. The average molecular weight is 714 g/mol. The van der Waals surface area contributed by atoms with Crippen LogP contribution >= 0.6 is 11.8 Å². The van der Waals surface area contributed by atoms with Crippen molar-refractivity contribution in [3.8, 4) is 17.2 Å². The molecular weight excluding hydrogens is 660 g/mol. The van der Waals surface area contributed by atoms with Gasteiger partial charge < -0.3 is 23.8 Å². The molecule has 0 amide bonds. The number of unbranched alkanes of at least 4 members (excludes halogenated alkanes) is 3. The Kier molecular flexibility index (Phi) is 33.7. The zero-order valence-electron chi connectivity index (χ0n) is 29.3. The number of halogens is 2. The highest BCUT2D eigenvalue weighted by molar-refractivity contribution is 8.00. The van der Waals surface area contributed by atoms with Gasteiger partial charge in [0.1, 0.15) is 12.4 Å². The van der Waals surface area contributed by atoms with E-state index in [0.29, 0.717) is 49.7 Å². The van der Waals surface area contributed by atoms with Crippen LogP contribution in [0.1, 0.15) is 64.4 Å². The summed E-state index contributed by atoms with van der Waals surface area (Å²) in [6, 6.07) is 14.7. The summed E-state index contributed by atoms with van der Waals surface area (Å²) in [5.41, 5.74) is 1.06. The fraction of sp³-hybridized carbons (Fsp3) is 0.500. The largest absolute Gasteiger partial charge is 0.493 e. The van der Waals surface area contributed by atoms with Crippen molar-refractivity contribution < 1.29 is 47.2 Å². The Morgan fingerprint density at radius 3 is 2.33 bits per heavy atom. The number of nitrogens with zero attached hydrogens (tertiary/aromatic N) is 1. The lowest BCUT2D eigenvalue weighted by Crippen LogP contribution is -2.10. The third kappa shape index (κ3) is 29.7. The standard InChI is InChI=1S/C14H17FOS.C9H10O3.C7H14.C5H9NO5.CH3F/c15-12(8-9-14-7-4-10-17-14)11-16-13-5-2-1-3-6-13;1-7-3-4-8(12-6-10)9(5-7)11-2;1-3-5-7-6-4-2;7-5-10-3-1-2-4-11-6(8)9;1-2/h1-3,5-6,8-9,12,14H,4,7,10-11H2;3-6H,1-2H3;3,5H,4,6-7H2,1-2H3;5H,1-4H2;1H3/b9-8+;;5-3-;;. The molecule has 2 aromatic rings. The first-order chi connectivity index (χ1) is 23.8. The summed E-state index contributed by atoms with van der Waals surface area (Å²) in [7, 11) is 2.03. The van der Waals surface area contributed by atoms with Crippen molar-refractivity contribution in [3.63, 3.8) is 0 Å². The summed E-state index contributed by atoms with van der Waals surface area (Å²) in [6.45, 7) is 7.37. The van der Waals surface area contributed by atoms with Crippen LogP contribution in [0.3, 0.4) is 0 Å². The molecule has 1 aliphatic heterocycles. The Bertz CT molecular complexity index is 1130. The van der Waals surface area contributed by atoms with Crippen LogP contribution in [0.5, 0.6) is 17.2 Å². The number of alkyl halides is 2. The van der Waals surface area contributed by atoms with Gasteiger partial charge in [-0.15, -0.1) is 10.1 Å². The summed E-state index contributed by atoms with van der Waals surface area (Å²) < 4.78 is 42.4. The summed E-state index contributed by atoms with van der Waals surface area (Å²) in [4.78, 5) is 33.2. The Hall–Kier alpha value is -4.13. The molecule has 0 N–H and O–H groups in total. The number of carbonyl (C=O) groups is 2. The molecule has 0 aliphatic carbocycles. The van der Waals surface area contributed by atoms with Crippen molar-refractivity contribution in [1.82, 2.24) is 0 Å². The second-order valence-corrected chi connectivity index (χ2v) is 11.2. The summed E-state index contributed by atoms with van der Waals surface area (Å²) in [5, 5.41) is 9.24. The summed E-state index contributed by atoms with van der Waals surface area (Å²) in [6.07, 6.45) is 14.3. The van der Waals surface area contributed by atoms with E-state index in [4.69, 9.17) is 9.47 Å². The number of para-hydroxylation sites is 1. The normalized spacial score (nSPS) is 13.4. The lowest BCUT2D eigenvalue weighted by atomic mass is 10.2. The average Bonchev–Trinajstić information content (AvgIpc) is 3.65. The molecule has 0 radical (unpaired) electrons. The first-order valence-corrected chi connectivity index (χ1v) is 17.0. The minimum atomic E-state index is -1.02. The molecule has 49 heavy (non-hydrogen) atoms. The zero-order valence-corrected chi connectivity index (χ0v) is 30.1. The number of aryl methyl sites for hydroxylation is 1. The number of carbonyl (C=O) groups excluding carboxylic acids is 2. The van der Waals surface area contributed by atoms with Gasteiger partial charge in [-0.3, -0.25) is 14.0 Å². The van der Waals surface area contributed by atoms with Gasteiger partial charge in [-0.25, -0.2) is 4.39 Å². The minimum absolute atomic E-state index is 0.0508. The van der Waals surface area contributed by atoms with Crippen LogP contribution in [0.25, 0.3) is 0 Å². The molecule has 276 valence electrons. The van der Waals surface area contributed by atoms with Crippen LogP contribution in [0.2, 0.25) is 0 Å². The van der Waals surface area contributed by atoms with Crippen LogP contribution in [-0.4, -0.2) is 69.3 Å². The van der Waals surface area contributed by atoms with Gasteiger partial charge in [-0.05, 0) is 81.5 Å². The molecular formula is C36H53F2NO9S. The van der Waals surface area contributed by atoms with Gasteiger partial charge in [0.25, 0.3) is 18.0 Å². The van der Waals surface area contributed by atoms with Crippen LogP contribution < -0.4 is 14.2 Å². The number of ether oxygens (including phenoxy) is 4. The van der Waals surface area contributed by atoms with Gasteiger partial charge in [0, 0.05) is 5.25 Å². The number of hydrogen-bond acceptors (Lipinski definition) is 10. The SMILES string of the molecule is C/C=C\CCCC.CF.COc1cc(C)ccc1OC=O.FC(/C=C/C1CCCS1)COc1ccccc1.O=COCCCCO[N+](=O)[O-]. The molecule has 2 aromatic carbocycles. The number of allylic oxidation sites excluding steroid dienone is 2. The molecule has 0 saturated carbocycles. The highest BCUT2D eigenvalue weighted by Gasteiger charge is 2.13. The Labute approximate surface area is 294 Å². The van der Waals surface area contributed by atoms with Crippen molar-refractivity contribution in [2.75, 3.05) is 39.9 Å². The van der Waals surface area contributed by atoms with E-state index in [1.807, 2.05) is 61.2 Å². The van der Waals surface area contributed by atoms with E-state index >= 15 is 0 Å². The monoisotopic (exact) mass is 713 g/mol. The predicted octanol–water partition coefficient (Wildman–Crippen LogP) is 8.88. The number of benzene rings is 2. The van der Waals surface area contributed by atoms with Crippen molar-refractivity contribution in [1.29, 1.82) is 0 Å². The highest BCUT2D eigenvalue weighted by Crippen LogP contribution is 2.28. The maximum atomic E-state index is 13.5. The molecule has 0 aromatic heterocycles. The molecule has 2 unspecified atom stereocenters. The lowest BCUT2D eigenvalue weighted by Gasteiger charge is -2.07. The van der Waals surface area contributed by atoms with Crippen LogP contribution in [0.15, 0.2) is 72.8 Å². The molecule has 2 atom stereocenters. The first kappa shape index (κ1) is 47.0. The number of thioether (sulfide) groups is 1. The highest BCUT2D eigenvalue weighted by atomic mass is 32.2. The predicted molar refractivity (Wildman–Crippen MR) is 191 cm³/mol. The molecule has 1 heterocycles. The molecule has 1 fully saturated rings. The van der Waals surface area contributed by atoms with E-state index in [1.165, 1.54) is 45.0 Å². The molecule has 1 aliphatic rings. The van der Waals surface area contributed by atoms with Crippen LogP contribution in [0, 0.1) is 17.0 Å². The second-order valence-electron chi connectivity index (χ2n) is 9.89. The lowest BCUT2D eigenvalue weighted by molar-refractivity contribution is -0.757. The van der Waals surface area contributed by atoms with E-state index in [-0.39, 0.29) is 19.8 Å². The van der Waals surface area contributed by atoms with Crippen LogP contribution in [0.4, 0.5) is 8.78 Å². The van der Waals surface area contributed by atoms with E-state index in [1.54, 1.807) is 18.2 Å². The Balaban J connectivity index is 0. The van der Waals surface area contributed by atoms with Gasteiger partial charge >= 0.3 is 0 Å². The fourth-order valence-electron chi connectivity index (χ4n) is 3.63. The maximum absolute atomic E-state index is 13.5. The topological polar surface area (TPSA) is 123 Å². The second kappa shape index (κ2) is 35.2.